The predicted octanol–water partition coefficient (Wildman–Crippen LogP) is 1.82. The van der Waals surface area contributed by atoms with Crippen LogP contribution < -0.4 is 16.8 Å². The lowest BCUT2D eigenvalue weighted by molar-refractivity contribution is 1.32. The van der Waals surface area contributed by atoms with E-state index in [1.54, 1.807) is 24.3 Å². The van der Waals surface area contributed by atoms with Crippen LogP contribution in [0.4, 0.5) is 5.69 Å². The van der Waals surface area contributed by atoms with Crippen molar-refractivity contribution in [1.82, 2.24) is 0 Å². The van der Waals surface area contributed by atoms with Crippen LogP contribution in [0, 0.1) is 16.7 Å². The first kappa shape index (κ1) is 14.1. The van der Waals surface area contributed by atoms with Gasteiger partial charge in [-0.1, -0.05) is 12.6 Å². The van der Waals surface area contributed by atoms with E-state index in [1.165, 1.54) is 6.20 Å². The lowest BCUT2D eigenvalue weighted by Gasteiger charge is -2.08. The van der Waals surface area contributed by atoms with Crippen LogP contribution in [0.5, 0.6) is 0 Å². The molecule has 0 aliphatic carbocycles. The van der Waals surface area contributed by atoms with Crippen molar-refractivity contribution in [1.29, 1.82) is 10.7 Å². The van der Waals surface area contributed by atoms with Crippen molar-refractivity contribution in [3.05, 3.63) is 65.7 Å². The summed E-state index contributed by atoms with van der Waals surface area (Å²) in [5.41, 5.74) is 13.7. The SMILES string of the molecule is C=C(/C=C(N)/C(C=N)=C/N)Nc1cccc(C#N)c1. The molecule has 1 aromatic carbocycles. The predicted molar refractivity (Wildman–Crippen MR) is 77.2 cm³/mol. The monoisotopic (exact) mass is 253 g/mol. The number of hydrogen-bond acceptors (Lipinski definition) is 5. The number of nitriles is 1. The Kier molecular flexibility index (Phi) is 4.93. The number of benzene rings is 1. The molecule has 5 nitrogen and oxygen atoms in total. The lowest BCUT2D eigenvalue weighted by Crippen LogP contribution is -2.06. The largest absolute Gasteiger partial charge is 0.404 e. The van der Waals surface area contributed by atoms with Crippen molar-refractivity contribution in [2.24, 2.45) is 11.5 Å². The molecule has 0 heterocycles. The molecule has 0 aliphatic rings. The summed E-state index contributed by atoms with van der Waals surface area (Å²) in [6, 6.07) is 9.04. The minimum Gasteiger partial charge on any atom is -0.404 e. The molecule has 6 N–H and O–H groups in total. The second kappa shape index (κ2) is 6.67. The Balaban J connectivity index is 2.83. The summed E-state index contributed by atoms with van der Waals surface area (Å²) in [6.45, 7) is 3.80. The molecule has 0 saturated carbocycles. The van der Waals surface area contributed by atoms with Crippen molar-refractivity contribution < 1.29 is 0 Å². The van der Waals surface area contributed by atoms with Gasteiger partial charge in [0.25, 0.3) is 0 Å². The summed E-state index contributed by atoms with van der Waals surface area (Å²) in [4.78, 5) is 0. The highest BCUT2D eigenvalue weighted by Gasteiger charge is 1.99. The number of nitrogens with two attached hydrogens (primary N) is 2. The van der Waals surface area contributed by atoms with Gasteiger partial charge in [-0.15, -0.1) is 0 Å². The molecule has 96 valence electrons. The first-order valence-electron chi connectivity index (χ1n) is 5.46. The topological polar surface area (TPSA) is 112 Å². The standard InChI is InChI=1S/C14H15N5/c1-10(5-14(18)12(8-16)9-17)19-13-4-2-3-11(6-13)7-15/h2-6,8-9,16,19H,1,17-18H2/b12-9+,14-5-,16-8?. The summed E-state index contributed by atoms with van der Waals surface area (Å²) in [5.74, 6) is 0. The summed E-state index contributed by atoms with van der Waals surface area (Å²) in [7, 11) is 0. The molecule has 0 radical (unpaired) electrons. The van der Waals surface area contributed by atoms with Crippen molar-refractivity contribution in [2.75, 3.05) is 5.32 Å². The number of hydrogen-bond donors (Lipinski definition) is 4. The normalized spacial score (nSPS) is 11.5. The van der Waals surface area contributed by atoms with Crippen molar-refractivity contribution in [3.63, 3.8) is 0 Å². The molecule has 1 rings (SSSR count). The minimum atomic E-state index is 0.339. The molecule has 19 heavy (non-hydrogen) atoms. The van der Waals surface area contributed by atoms with Gasteiger partial charge in [-0.25, -0.2) is 0 Å². The van der Waals surface area contributed by atoms with Crippen molar-refractivity contribution in [2.45, 2.75) is 0 Å². The first-order valence-corrected chi connectivity index (χ1v) is 5.46. The highest BCUT2D eigenvalue weighted by molar-refractivity contribution is 5.81. The number of rotatable bonds is 5. The van der Waals surface area contributed by atoms with Gasteiger partial charge in [0.2, 0.25) is 0 Å². The number of nitrogens with one attached hydrogen (secondary N) is 2. The Bertz CT molecular complexity index is 590. The molecule has 0 spiro atoms. The quantitative estimate of drug-likeness (QED) is 0.473. The fraction of sp³-hybridized carbons (Fsp3) is 0. The highest BCUT2D eigenvalue weighted by atomic mass is 14.9. The van der Waals surface area contributed by atoms with Gasteiger partial charge in [-0.05, 0) is 24.3 Å². The van der Waals surface area contributed by atoms with Gasteiger partial charge in [0.1, 0.15) is 0 Å². The summed E-state index contributed by atoms with van der Waals surface area (Å²) >= 11 is 0. The van der Waals surface area contributed by atoms with Crippen LogP contribution in [0.15, 0.2) is 60.1 Å². The smallest absolute Gasteiger partial charge is 0.0992 e. The van der Waals surface area contributed by atoms with Gasteiger partial charge in [-0.3, -0.25) is 0 Å². The minimum absolute atomic E-state index is 0.339. The lowest BCUT2D eigenvalue weighted by atomic mass is 10.2. The number of allylic oxidation sites excluding steroid dienone is 2. The number of nitrogens with zero attached hydrogens (tertiary/aromatic N) is 1. The highest BCUT2D eigenvalue weighted by Crippen LogP contribution is 2.13. The molecule has 0 unspecified atom stereocenters. The molecule has 0 aromatic heterocycles. The second-order valence-corrected chi connectivity index (χ2v) is 3.71. The summed E-state index contributed by atoms with van der Waals surface area (Å²) in [5, 5.41) is 18.9. The van der Waals surface area contributed by atoms with E-state index in [9.17, 15) is 0 Å². The van der Waals surface area contributed by atoms with Crippen molar-refractivity contribution in [3.8, 4) is 6.07 Å². The zero-order valence-corrected chi connectivity index (χ0v) is 10.4. The maximum atomic E-state index is 8.80. The molecule has 0 aliphatic heterocycles. The van der Waals surface area contributed by atoms with E-state index in [0.29, 0.717) is 22.5 Å². The van der Waals surface area contributed by atoms with Crippen LogP contribution in [0.3, 0.4) is 0 Å². The van der Waals surface area contributed by atoms with E-state index in [-0.39, 0.29) is 0 Å². The molecule has 1 aromatic rings. The maximum absolute atomic E-state index is 8.80. The Labute approximate surface area is 112 Å². The van der Waals surface area contributed by atoms with Crippen LogP contribution in [0.25, 0.3) is 0 Å². The van der Waals surface area contributed by atoms with Crippen molar-refractivity contribution >= 4 is 11.9 Å². The molecular weight excluding hydrogens is 238 g/mol. The molecule has 5 heteroatoms. The van der Waals surface area contributed by atoms with E-state index in [2.05, 4.69) is 18.0 Å². The third-order valence-electron chi connectivity index (χ3n) is 2.29. The van der Waals surface area contributed by atoms with E-state index in [0.717, 1.165) is 11.9 Å². The van der Waals surface area contributed by atoms with Gasteiger partial charge in [0, 0.05) is 35.1 Å². The Morgan fingerprint density at radius 3 is 2.79 bits per heavy atom. The first-order chi connectivity index (χ1) is 9.10. The van der Waals surface area contributed by atoms with Gasteiger partial charge < -0.3 is 22.2 Å². The van der Waals surface area contributed by atoms with Crippen LogP contribution in [-0.4, -0.2) is 6.21 Å². The Hall–Kier alpha value is -3.00. The molecule has 0 amide bonds. The molecule has 0 bridgehead atoms. The second-order valence-electron chi connectivity index (χ2n) is 3.71. The number of anilines is 1. The fourth-order valence-electron chi connectivity index (χ4n) is 1.39. The summed E-state index contributed by atoms with van der Waals surface area (Å²) < 4.78 is 0. The Morgan fingerprint density at radius 1 is 1.47 bits per heavy atom. The van der Waals surface area contributed by atoms with Crippen LogP contribution in [0.1, 0.15) is 5.56 Å². The van der Waals surface area contributed by atoms with E-state index in [4.69, 9.17) is 22.1 Å². The van der Waals surface area contributed by atoms with Gasteiger partial charge in [-0.2, -0.15) is 5.26 Å². The third-order valence-corrected chi connectivity index (χ3v) is 2.29. The molecule has 0 atom stereocenters. The fourth-order valence-corrected chi connectivity index (χ4v) is 1.39. The van der Waals surface area contributed by atoms with E-state index >= 15 is 0 Å². The molecule has 0 saturated heterocycles. The summed E-state index contributed by atoms with van der Waals surface area (Å²) in [6.07, 6.45) is 3.89. The average molecular weight is 253 g/mol. The van der Waals surface area contributed by atoms with E-state index < -0.39 is 0 Å². The maximum Gasteiger partial charge on any atom is 0.0992 e. The van der Waals surface area contributed by atoms with Crippen LogP contribution in [-0.2, 0) is 0 Å². The molecule has 0 fully saturated rings. The third kappa shape index (κ3) is 4.06. The molecular formula is C14H15N5. The Morgan fingerprint density at radius 2 is 2.21 bits per heavy atom. The van der Waals surface area contributed by atoms with Crippen LogP contribution >= 0.6 is 0 Å². The van der Waals surface area contributed by atoms with Gasteiger partial charge >= 0.3 is 0 Å². The van der Waals surface area contributed by atoms with Gasteiger partial charge in [0.15, 0.2) is 0 Å². The van der Waals surface area contributed by atoms with Gasteiger partial charge in [0.05, 0.1) is 11.6 Å². The van der Waals surface area contributed by atoms with E-state index in [1.807, 2.05) is 6.07 Å². The zero-order chi connectivity index (χ0) is 14.3. The zero-order valence-electron chi connectivity index (χ0n) is 10.4. The van der Waals surface area contributed by atoms with Crippen LogP contribution in [0.2, 0.25) is 0 Å². The average Bonchev–Trinajstić information content (AvgIpc) is 2.40.